The van der Waals surface area contributed by atoms with Crippen LogP contribution in [0.2, 0.25) is 0 Å². The fraction of sp³-hybridized carbons (Fsp3) is 0. The molecular formula is C66H41N9. The van der Waals surface area contributed by atoms with Gasteiger partial charge in [-0.2, -0.15) is 9.97 Å². The molecule has 5 heterocycles. The summed E-state index contributed by atoms with van der Waals surface area (Å²) in [6, 6.07) is 86.3. The van der Waals surface area contributed by atoms with Gasteiger partial charge in [0.1, 0.15) is 0 Å². The SMILES string of the molecule is c1ccc(-c2nc(-c3cccc(-n4c5ccccc5c5ccc6c(c7ccccc7n6-c6nc(-c7ccccc7)nc(-c7ccccc7)n6)c54)c3)nc(-c3ccc4c5ccccc5n(-c5ccccc5)c4c3)n2)cc1. The molecule has 0 radical (unpaired) electrons. The summed E-state index contributed by atoms with van der Waals surface area (Å²) < 4.78 is 6.91. The Morgan fingerprint density at radius 3 is 1.24 bits per heavy atom. The van der Waals surface area contributed by atoms with Crippen molar-refractivity contribution in [2.45, 2.75) is 0 Å². The van der Waals surface area contributed by atoms with Crippen molar-refractivity contribution in [3.8, 4) is 74.3 Å². The highest BCUT2D eigenvalue weighted by Gasteiger charge is 2.24. The van der Waals surface area contributed by atoms with E-state index in [1.165, 1.54) is 5.39 Å². The van der Waals surface area contributed by atoms with Crippen LogP contribution in [0, 0.1) is 0 Å². The van der Waals surface area contributed by atoms with Gasteiger partial charge >= 0.3 is 0 Å². The van der Waals surface area contributed by atoms with Gasteiger partial charge in [-0.1, -0.05) is 194 Å². The lowest BCUT2D eigenvalue weighted by atomic mass is 10.1. The molecule has 9 nitrogen and oxygen atoms in total. The summed E-state index contributed by atoms with van der Waals surface area (Å²) in [6.07, 6.45) is 0. The molecular weight excluding hydrogens is 919 g/mol. The predicted octanol–water partition coefficient (Wildman–Crippen LogP) is 15.7. The summed E-state index contributed by atoms with van der Waals surface area (Å²) in [5.41, 5.74) is 12.9. The quantitative estimate of drug-likeness (QED) is 0.151. The predicted molar refractivity (Wildman–Crippen MR) is 303 cm³/mol. The van der Waals surface area contributed by atoms with Gasteiger partial charge in [-0.25, -0.2) is 19.9 Å². The molecule has 0 bridgehead atoms. The van der Waals surface area contributed by atoms with Crippen LogP contribution >= 0.6 is 0 Å². The molecule has 9 heteroatoms. The first-order valence-electron chi connectivity index (χ1n) is 25.0. The summed E-state index contributed by atoms with van der Waals surface area (Å²) in [5.74, 6) is 3.51. The molecule has 75 heavy (non-hydrogen) atoms. The van der Waals surface area contributed by atoms with Gasteiger partial charge < -0.3 is 9.13 Å². The van der Waals surface area contributed by atoms with Crippen LogP contribution in [-0.2, 0) is 0 Å². The van der Waals surface area contributed by atoms with E-state index in [9.17, 15) is 0 Å². The van der Waals surface area contributed by atoms with Crippen molar-refractivity contribution in [3.63, 3.8) is 0 Å². The summed E-state index contributed by atoms with van der Waals surface area (Å²) in [6.45, 7) is 0. The van der Waals surface area contributed by atoms with Crippen molar-refractivity contribution in [3.05, 3.63) is 249 Å². The van der Waals surface area contributed by atoms with Gasteiger partial charge in [0.25, 0.3) is 0 Å². The maximum absolute atomic E-state index is 5.33. The molecule has 0 spiro atoms. The summed E-state index contributed by atoms with van der Waals surface area (Å²) >= 11 is 0. The molecule has 5 aromatic heterocycles. The van der Waals surface area contributed by atoms with Gasteiger partial charge in [0, 0.05) is 71.5 Å². The number of nitrogens with zero attached hydrogens (tertiary/aromatic N) is 9. The van der Waals surface area contributed by atoms with Gasteiger partial charge in [0.15, 0.2) is 29.1 Å². The zero-order chi connectivity index (χ0) is 49.4. The summed E-state index contributed by atoms with van der Waals surface area (Å²) in [4.78, 5) is 31.3. The van der Waals surface area contributed by atoms with E-state index in [4.69, 9.17) is 29.9 Å². The van der Waals surface area contributed by atoms with E-state index < -0.39 is 0 Å². The van der Waals surface area contributed by atoms with Crippen molar-refractivity contribution < 1.29 is 0 Å². The highest BCUT2D eigenvalue weighted by molar-refractivity contribution is 6.26. The minimum Gasteiger partial charge on any atom is -0.309 e. The van der Waals surface area contributed by atoms with Crippen molar-refractivity contribution in [2.75, 3.05) is 0 Å². The molecule has 0 saturated carbocycles. The van der Waals surface area contributed by atoms with E-state index in [-0.39, 0.29) is 0 Å². The molecule has 0 aliphatic heterocycles. The topological polar surface area (TPSA) is 92.1 Å². The van der Waals surface area contributed by atoms with Crippen LogP contribution in [0.1, 0.15) is 0 Å². The summed E-state index contributed by atoms with van der Waals surface area (Å²) in [5, 5.41) is 6.80. The van der Waals surface area contributed by atoms with E-state index in [1.54, 1.807) is 0 Å². The number of rotatable bonds is 8. The molecule has 0 unspecified atom stereocenters. The number of benzene rings is 10. The second kappa shape index (κ2) is 17.1. The highest BCUT2D eigenvalue weighted by Crippen LogP contribution is 2.43. The van der Waals surface area contributed by atoms with Crippen LogP contribution in [0.3, 0.4) is 0 Å². The Bertz CT molecular complexity index is 4640. The van der Waals surface area contributed by atoms with E-state index >= 15 is 0 Å². The average molecular weight is 960 g/mol. The molecule has 0 aliphatic carbocycles. The van der Waals surface area contributed by atoms with Crippen LogP contribution in [0.15, 0.2) is 249 Å². The second-order valence-corrected chi connectivity index (χ2v) is 18.7. The normalized spacial score (nSPS) is 11.7. The van der Waals surface area contributed by atoms with Gasteiger partial charge in [-0.3, -0.25) is 4.57 Å². The van der Waals surface area contributed by atoms with E-state index in [0.717, 1.165) is 99.2 Å². The third kappa shape index (κ3) is 6.94. The Labute approximate surface area is 430 Å². The Kier molecular flexibility index (Phi) is 9.67. The molecule has 10 aromatic carbocycles. The molecule has 15 rings (SSSR count). The van der Waals surface area contributed by atoms with Crippen molar-refractivity contribution >= 4 is 65.4 Å². The van der Waals surface area contributed by atoms with Crippen LogP contribution in [0.4, 0.5) is 0 Å². The zero-order valence-electron chi connectivity index (χ0n) is 40.2. The van der Waals surface area contributed by atoms with Crippen molar-refractivity contribution in [1.29, 1.82) is 0 Å². The zero-order valence-corrected chi connectivity index (χ0v) is 40.2. The number of para-hydroxylation sites is 4. The molecule has 0 N–H and O–H groups in total. The largest absolute Gasteiger partial charge is 0.309 e. The minimum absolute atomic E-state index is 0.540. The standard InChI is InChI=1S/C66H41N9/c1-5-20-42(21-6-1)61-67-64(70-65(68-61)46-36-37-51-49-30-13-16-33-54(49)73(58(51)41-46)47-27-11-4-12-28-47)45-26-19-29-48(40-45)74-55-34-17-14-31-50(55)52-38-39-57-59(60(52)74)53-32-15-18-35-56(53)75(57)66-71-62(43-22-7-2-8-23-43)69-63(72-66)44-24-9-3-10-25-44/h1-41H. The second-order valence-electron chi connectivity index (χ2n) is 18.7. The van der Waals surface area contributed by atoms with E-state index in [2.05, 4.69) is 184 Å². The first kappa shape index (κ1) is 42.3. The van der Waals surface area contributed by atoms with E-state index in [0.29, 0.717) is 35.1 Å². The molecule has 0 saturated heterocycles. The lowest BCUT2D eigenvalue weighted by Crippen LogP contribution is -2.06. The lowest BCUT2D eigenvalue weighted by molar-refractivity contribution is 0.953. The third-order valence-corrected chi connectivity index (χ3v) is 14.3. The molecule has 15 aromatic rings. The molecule has 0 aliphatic rings. The highest BCUT2D eigenvalue weighted by atomic mass is 15.2. The van der Waals surface area contributed by atoms with Gasteiger partial charge in [0.2, 0.25) is 5.95 Å². The first-order valence-corrected chi connectivity index (χ1v) is 25.0. The Hall–Kier alpha value is -10.4. The van der Waals surface area contributed by atoms with Crippen LogP contribution < -0.4 is 0 Å². The van der Waals surface area contributed by atoms with Crippen molar-refractivity contribution in [2.24, 2.45) is 0 Å². The lowest BCUT2D eigenvalue weighted by Gasteiger charge is -2.13. The number of aromatic nitrogens is 9. The van der Waals surface area contributed by atoms with Gasteiger partial charge in [-0.05, 0) is 54.6 Å². The number of hydrogen-bond acceptors (Lipinski definition) is 6. The number of hydrogen-bond donors (Lipinski definition) is 0. The smallest absolute Gasteiger partial charge is 0.238 e. The van der Waals surface area contributed by atoms with Crippen LogP contribution in [0.25, 0.3) is 140 Å². The third-order valence-electron chi connectivity index (χ3n) is 14.3. The molecule has 0 amide bonds. The molecule has 0 fully saturated rings. The minimum atomic E-state index is 0.540. The monoisotopic (exact) mass is 959 g/mol. The maximum Gasteiger partial charge on any atom is 0.238 e. The van der Waals surface area contributed by atoms with Gasteiger partial charge in [0.05, 0.1) is 33.1 Å². The molecule has 350 valence electrons. The van der Waals surface area contributed by atoms with Crippen LogP contribution in [0.5, 0.6) is 0 Å². The van der Waals surface area contributed by atoms with Crippen LogP contribution in [-0.4, -0.2) is 43.6 Å². The Morgan fingerprint density at radius 2 is 0.640 bits per heavy atom. The van der Waals surface area contributed by atoms with E-state index in [1.807, 2.05) is 78.9 Å². The molecule has 0 atom stereocenters. The van der Waals surface area contributed by atoms with Gasteiger partial charge in [-0.15, -0.1) is 0 Å². The maximum atomic E-state index is 5.33. The Morgan fingerprint density at radius 1 is 0.227 bits per heavy atom. The van der Waals surface area contributed by atoms with Crippen molar-refractivity contribution in [1.82, 2.24) is 43.6 Å². The fourth-order valence-electron chi connectivity index (χ4n) is 11.0. The Balaban J connectivity index is 0.943. The first-order chi connectivity index (χ1) is 37.2. The number of fused-ring (bicyclic) bond motifs is 10. The fourth-order valence-corrected chi connectivity index (χ4v) is 11.0. The average Bonchev–Trinajstić information content (AvgIpc) is 4.18. The summed E-state index contributed by atoms with van der Waals surface area (Å²) in [7, 11) is 0.